The molecule has 82 valence electrons. The van der Waals surface area contributed by atoms with Gasteiger partial charge < -0.3 is 9.88 Å². The van der Waals surface area contributed by atoms with Gasteiger partial charge in [0.15, 0.2) is 0 Å². The van der Waals surface area contributed by atoms with E-state index in [1.165, 1.54) is 16.6 Å². The summed E-state index contributed by atoms with van der Waals surface area (Å²) in [5, 5.41) is 4.63. The molecule has 2 heterocycles. The molecule has 2 aromatic rings. The number of amidine groups is 1. The van der Waals surface area contributed by atoms with Crippen LogP contribution < -0.4 is 5.32 Å². The predicted molar refractivity (Wildman–Crippen MR) is 67.0 cm³/mol. The first-order valence-corrected chi connectivity index (χ1v) is 5.77. The second-order valence-corrected chi connectivity index (χ2v) is 3.99. The molecule has 0 unspecified atom stereocenters. The number of benzene rings is 1. The van der Waals surface area contributed by atoms with Gasteiger partial charge in [-0.05, 0) is 19.1 Å². The summed E-state index contributed by atoms with van der Waals surface area (Å²) in [5.41, 5.74) is 2.50. The first kappa shape index (κ1) is 9.46. The maximum absolute atomic E-state index is 4.49. The van der Waals surface area contributed by atoms with Crippen molar-refractivity contribution in [2.45, 2.75) is 13.5 Å². The molecule has 0 radical (unpaired) electrons. The predicted octanol–water partition coefficient (Wildman–Crippen LogP) is 2.01. The van der Waals surface area contributed by atoms with Crippen molar-refractivity contribution in [3.8, 4) is 0 Å². The zero-order valence-electron chi connectivity index (χ0n) is 9.40. The highest BCUT2D eigenvalue weighted by Crippen LogP contribution is 2.20. The fourth-order valence-electron chi connectivity index (χ4n) is 2.32. The zero-order chi connectivity index (χ0) is 11.0. The van der Waals surface area contributed by atoms with Crippen LogP contribution in [0.15, 0.2) is 35.3 Å². The number of aryl methyl sites for hydroxylation is 1. The molecule has 0 spiro atoms. The van der Waals surface area contributed by atoms with Crippen LogP contribution in [-0.4, -0.2) is 23.5 Å². The molecule has 0 saturated carbocycles. The number of fused-ring (bicyclic) bond motifs is 1. The summed E-state index contributed by atoms with van der Waals surface area (Å²) in [4.78, 5) is 4.49. The van der Waals surface area contributed by atoms with E-state index in [0.717, 1.165) is 25.5 Å². The summed E-state index contributed by atoms with van der Waals surface area (Å²) in [7, 11) is 0. The summed E-state index contributed by atoms with van der Waals surface area (Å²) in [6.07, 6.45) is 0. The van der Waals surface area contributed by atoms with Crippen molar-refractivity contribution >= 4 is 16.7 Å². The van der Waals surface area contributed by atoms with E-state index in [0.29, 0.717) is 0 Å². The van der Waals surface area contributed by atoms with Crippen LogP contribution in [-0.2, 0) is 6.54 Å². The van der Waals surface area contributed by atoms with E-state index in [2.05, 4.69) is 52.1 Å². The van der Waals surface area contributed by atoms with Gasteiger partial charge >= 0.3 is 0 Å². The lowest BCUT2D eigenvalue weighted by molar-refractivity contribution is 0.786. The Morgan fingerprint density at radius 2 is 2.25 bits per heavy atom. The highest BCUT2D eigenvalue weighted by atomic mass is 15.1. The molecule has 0 bridgehead atoms. The number of para-hydroxylation sites is 1. The van der Waals surface area contributed by atoms with Gasteiger partial charge in [-0.2, -0.15) is 0 Å². The summed E-state index contributed by atoms with van der Waals surface area (Å²) >= 11 is 0. The van der Waals surface area contributed by atoms with Crippen molar-refractivity contribution in [3.63, 3.8) is 0 Å². The minimum atomic E-state index is 0.889. The molecule has 0 aliphatic carbocycles. The Labute approximate surface area is 94.8 Å². The average Bonchev–Trinajstić information content (AvgIpc) is 2.95. The van der Waals surface area contributed by atoms with Crippen LogP contribution in [0.1, 0.15) is 12.6 Å². The Morgan fingerprint density at radius 3 is 3.00 bits per heavy atom. The first-order valence-electron chi connectivity index (χ1n) is 5.77. The highest BCUT2D eigenvalue weighted by Gasteiger charge is 2.14. The van der Waals surface area contributed by atoms with Gasteiger partial charge in [-0.15, -0.1) is 0 Å². The van der Waals surface area contributed by atoms with Crippen molar-refractivity contribution in [2.75, 3.05) is 13.1 Å². The van der Waals surface area contributed by atoms with E-state index in [1.807, 2.05) is 0 Å². The SMILES string of the molecule is CCn1c(C2=NCCN2)cc2ccccc21. The van der Waals surface area contributed by atoms with Gasteiger partial charge in [-0.3, -0.25) is 4.99 Å². The Balaban J connectivity index is 2.23. The Kier molecular flexibility index (Phi) is 2.17. The number of nitrogens with zero attached hydrogens (tertiary/aromatic N) is 2. The van der Waals surface area contributed by atoms with Gasteiger partial charge in [0.25, 0.3) is 0 Å². The van der Waals surface area contributed by atoms with Crippen molar-refractivity contribution in [1.29, 1.82) is 0 Å². The second-order valence-electron chi connectivity index (χ2n) is 3.99. The van der Waals surface area contributed by atoms with Crippen molar-refractivity contribution in [1.82, 2.24) is 9.88 Å². The van der Waals surface area contributed by atoms with Gasteiger partial charge in [-0.1, -0.05) is 18.2 Å². The molecule has 3 heteroatoms. The Bertz CT molecular complexity index is 551. The van der Waals surface area contributed by atoms with Crippen LogP contribution in [0, 0.1) is 0 Å². The lowest BCUT2D eigenvalue weighted by Gasteiger charge is -2.07. The number of hydrogen-bond acceptors (Lipinski definition) is 2. The number of aromatic nitrogens is 1. The minimum absolute atomic E-state index is 0.889. The van der Waals surface area contributed by atoms with E-state index in [9.17, 15) is 0 Å². The maximum atomic E-state index is 4.49. The van der Waals surface area contributed by atoms with E-state index < -0.39 is 0 Å². The van der Waals surface area contributed by atoms with Gasteiger partial charge in [0.1, 0.15) is 5.84 Å². The normalized spacial score (nSPS) is 15.2. The van der Waals surface area contributed by atoms with Gasteiger partial charge in [0, 0.05) is 24.0 Å². The summed E-state index contributed by atoms with van der Waals surface area (Å²) in [5.74, 6) is 1.04. The average molecular weight is 213 g/mol. The van der Waals surface area contributed by atoms with Crippen LogP contribution in [0.25, 0.3) is 10.9 Å². The molecule has 3 rings (SSSR count). The molecule has 16 heavy (non-hydrogen) atoms. The topological polar surface area (TPSA) is 29.3 Å². The van der Waals surface area contributed by atoms with Crippen LogP contribution >= 0.6 is 0 Å². The van der Waals surface area contributed by atoms with Crippen molar-refractivity contribution in [2.24, 2.45) is 4.99 Å². The lowest BCUT2D eigenvalue weighted by atomic mass is 10.2. The fourth-order valence-corrected chi connectivity index (χ4v) is 2.32. The van der Waals surface area contributed by atoms with Crippen LogP contribution in [0.3, 0.4) is 0 Å². The molecule has 0 atom stereocenters. The molecular weight excluding hydrogens is 198 g/mol. The van der Waals surface area contributed by atoms with Gasteiger partial charge in [0.2, 0.25) is 0 Å². The van der Waals surface area contributed by atoms with Crippen LogP contribution in [0.4, 0.5) is 0 Å². The molecule has 0 fully saturated rings. The smallest absolute Gasteiger partial charge is 0.145 e. The third-order valence-electron chi connectivity index (χ3n) is 3.04. The largest absolute Gasteiger partial charge is 0.367 e. The molecule has 1 N–H and O–H groups in total. The van der Waals surface area contributed by atoms with Crippen LogP contribution in [0.2, 0.25) is 0 Å². The Hall–Kier alpha value is -1.77. The summed E-state index contributed by atoms with van der Waals surface area (Å²) in [6, 6.07) is 10.7. The standard InChI is InChI=1S/C13H15N3/c1-2-16-11-6-4-3-5-10(11)9-12(16)13-14-7-8-15-13/h3-6,9H,2,7-8H2,1H3,(H,14,15). The quantitative estimate of drug-likeness (QED) is 0.812. The second kappa shape index (κ2) is 3.67. The van der Waals surface area contributed by atoms with E-state index in [4.69, 9.17) is 0 Å². The third kappa shape index (κ3) is 1.32. The number of nitrogens with one attached hydrogen (secondary N) is 1. The highest BCUT2D eigenvalue weighted by molar-refractivity contribution is 6.02. The summed E-state index contributed by atoms with van der Waals surface area (Å²) < 4.78 is 2.31. The third-order valence-corrected chi connectivity index (χ3v) is 3.04. The van der Waals surface area contributed by atoms with Crippen molar-refractivity contribution in [3.05, 3.63) is 36.0 Å². The molecule has 0 saturated heterocycles. The van der Waals surface area contributed by atoms with Crippen molar-refractivity contribution < 1.29 is 0 Å². The molecule has 1 aromatic heterocycles. The maximum Gasteiger partial charge on any atom is 0.145 e. The molecule has 1 aliphatic heterocycles. The summed E-state index contributed by atoms with van der Waals surface area (Å²) in [6.45, 7) is 5.00. The molecule has 0 amide bonds. The fraction of sp³-hybridized carbons (Fsp3) is 0.308. The van der Waals surface area contributed by atoms with E-state index >= 15 is 0 Å². The zero-order valence-corrected chi connectivity index (χ0v) is 9.40. The number of rotatable bonds is 2. The van der Waals surface area contributed by atoms with Crippen LogP contribution in [0.5, 0.6) is 0 Å². The van der Waals surface area contributed by atoms with E-state index in [-0.39, 0.29) is 0 Å². The number of aliphatic imine (C=N–C) groups is 1. The van der Waals surface area contributed by atoms with Gasteiger partial charge in [-0.25, -0.2) is 0 Å². The van der Waals surface area contributed by atoms with E-state index in [1.54, 1.807) is 0 Å². The van der Waals surface area contributed by atoms with Gasteiger partial charge in [0.05, 0.1) is 12.2 Å². The lowest BCUT2D eigenvalue weighted by Crippen LogP contribution is -2.22. The molecule has 1 aliphatic rings. The Morgan fingerprint density at radius 1 is 1.38 bits per heavy atom. The monoisotopic (exact) mass is 213 g/mol. The molecular formula is C13H15N3. The minimum Gasteiger partial charge on any atom is -0.367 e. The number of hydrogen-bond donors (Lipinski definition) is 1. The first-order chi connectivity index (χ1) is 7.90. The molecule has 3 nitrogen and oxygen atoms in total. The molecule has 1 aromatic carbocycles.